The fraction of sp³-hybridized carbons (Fsp3) is 0.887. The Labute approximate surface area is 367 Å². The van der Waals surface area contributed by atoms with Crippen molar-refractivity contribution in [3.8, 4) is 0 Å². The highest BCUT2D eigenvalue weighted by atomic mass is 16.5. The lowest BCUT2D eigenvalue weighted by Gasteiger charge is -2.22. The van der Waals surface area contributed by atoms with Crippen molar-refractivity contribution >= 4 is 11.9 Å². The molecule has 2 unspecified atom stereocenters. The zero-order chi connectivity index (χ0) is 43.0. The molecule has 0 saturated carbocycles. The Morgan fingerprint density at radius 2 is 0.847 bits per heavy atom. The number of nitrogens with one attached hydrogen (secondary N) is 1. The smallest absolute Gasteiger partial charge is 0.305 e. The highest BCUT2D eigenvalue weighted by Crippen LogP contribution is 2.16. The van der Waals surface area contributed by atoms with Crippen LogP contribution in [0.5, 0.6) is 0 Å². The summed E-state index contributed by atoms with van der Waals surface area (Å²) >= 11 is 0. The molecule has 2 atom stereocenters. The first kappa shape index (κ1) is 57.3. The van der Waals surface area contributed by atoms with Crippen LogP contribution in [0, 0.1) is 0 Å². The van der Waals surface area contributed by atoms with Gasteiger partial charge in [0.25, 0.3) is 0 Å². The van der Waals surface area contributed by atoms with Crippen molar-refractivity contribution in [3.05, 3.63) is 24.3 Å². The van der Waals surface area contributed by atoms with Crippen molar-refractivity contribution in [2.45, 2.75) is 289 Å². The zero-order valence-electron chi connectivity index (χ0n) is 39.5. The molecule has 1 amide bonds. The first-order chi connectivity index (χ1) is 29.0. The van der Waals surface area contributed by atoms with Crippen molar-refractivity contribution in [2.24, 2.45) is 0 Å². The van der Waals surface area contributed by atoms with Crippen molar-refractivity contribution in [1.82, 2.24) is 5.32 Å². The van der Waals surface area contributed by atoms with E-state index in [2.05, 4.69) is 43.5 Å². The highest BCUT2D eigenvalue weighted by molar-refractivity contribution is 5.76. The lowest BCUT2D eigenvalue weighted by molar-refractivity contribution is -0.143. The summed E-state index contributed by atoms with van der Waals surface area (Å²) in [5.74, 6) is -0.0496. The Morgan fingerprint density at radius 1 is 0.475 bits per heavy atom. The molecule has 0 aromatic carbocycles. The van der Waals surface area contributed by atoms with Gasteiger partial charge >= 0.3 is 5.97 Å². The second-order valence-corrected chi connectivity index (χ2v) is 17.9. The van der Waals surface area contributed by atoms with E-state index in [0.29, 0.717) is 25.9 Å². The third kappa shape index (κ3) is 45.7. The van der Waals surface area contributed by atoms with Gasteiger partial charge in [0, 0.05) is 12.8 Å². The summed E-state index contributed by atoms with van der Waals surface area (Å²) < 4.78 is 5.47. The van der Waals surface area contributed by atoms with E-state index in [1.54, 1.807) is 0 Å². The lowest BCUT2D eigenvalue weighted by Crippen LogP contribution is -2.45. The van der Waals surface area contributed by atoms with Crippen LogP contribution in [0.1, 0.15) is 277 Å². The minimum Gasteiger partial charge on any atom is -0.466 e. The van der Waals surface area contributed by atoms with E-state index in [1.165, 1.54) is 193 Å². The van der Waals surface area contributed by atoms with Gasteiger partial charge in [-0.1, -0.05) is 231 Å². The van der Waals surface area contributed by atoms with E-state index in [9.17, 15) is 19.8 Å². The molecule has 0 fully saturated rings. The minimum atomic E-state index is -0.666. The maximum Gasteiger partial charge on any atom is 0.305 e. The summed E-state index contributed by atoms with van der Waals surface area (Å²) in [6, 6.07) is -0.544. The molecule has 0 heterocycles. The van der Waals surface area contributed by atoms with E-state index in [-0.39, 0.29) is 18.5 Å². The number of rotatable bonds is 48. The van der Waals surface area contributed by atoms with Gasteiger partial charge in [0.15, 0.2) is 0 Å². The molecule has 0 aliphatic heterocycles. The largest absolute Gasteiger partial charge is 0.466 e. The predicted molar refractivity (Wildman–Crippen MR) is 255 cm³/mol. The maximum atomic E-state index is 12.4. The van der Waals surface area contributed by atoms with E-state index < -0.39 is 12.1 Å². The van der Waals surface area contributed by atoms with E-state index >= 15 is 0 Å². The van der Waals surface area contributed by atoms with Crippen LogP contribution in [0.25, 0.3) is 0 Å². The summed E-state index contributed by atoms with van der Waals surface area (Å²) in [4.78, 5) is 24.4. The molecule has 0 aromatic rings. The van der Waals surface area contributed by atoms with Gasteiger partial charge in [-0.05, 0) is 57.8 Å². The molecular weight excluding hydrogens is 731 g/mol. The molecule has 0 spiro atoms. The molecule has 348 valence electrons. The number of carbonyl (C=O) groups excluding carboxylic acids is 2. The van der Waals surface area contributed by atoms with Gasteiger partial charge in [-0.25, -0.2) is 0 Å². The third-order valence-electron chi connectivity index (χ3n) is 12.0. The number of aliphatic hydroxyl groups excluding tert-OH is 2. The number of allylic oxidation sites excluding steroid dienone is 4. The number of hydrogen-bond donors (Lipinski definition) is 3. The normalized spacial score (nSPS) is 12.8. The van der Waals surface area contributed by atoms with E-state index in [4.69, 9.17) is 4.74 Å². The van der Waals surface area contributed by atoms with Gasteiger partial charge in [0.2, 0.25) is 5.91 Å². The Hall–Kier alpha value is -1.66. The number of esters is 1. The fourth-order valence-electron chi connectivity index (χ4n) is 7.96. The van der Waals surface area contributed by atoms with Crippen LogP contribution in [-0.4, -0.2) is 47.4 Å². The average molecular weight is 832 g/mol. The van der Waals surface area contributed by atoms with Gasteiger partial charge < -0.3 is 20.3 Å². The standard InChI is InChI=1S/C53H101NO5/c1-3-5-7-9-11-13-14-15-16-17-21-24-27-31-35-39-43-47-53(58)59-48-44-40-36-32-28-25-22-19-18-20-23-26-30-34-38-42-46-52(57)54-50(49-55)51(56)45-41-37-33-29-12-10-8-6-4-2/h11,13,15-16,50-51,55-56H,3-10,12,14,17-49H2,1-2H3,(H,54,57)/b13-11-,16-15-. The van der Waals surface area contributed by atoms with Crippen LogP contribution >= 0.6 is 0 Å². The van der Waals surface area contributed by atoms with Crippen LogP contribution in [0.15, 0.2) is 24.3 Å². The number of ether oxygens (including phenoxy) is 1. The summed E-state index contributed by atoms with van der Waals surface area (Å²) in [6.45, 7) is 4.89. The van der Waals surface area contributed by atoms with Crippen LogP contribution in [-0.2, 0) is 14.3 Å². The number of unbranched alkanes of at least 4 members (excludes halogenated alkanes) is 33. The molecular formula is C53H101NO5. The SMILES string of the molecule is CCCCC/C=C\C/C=C\CCCCCCCCCC(=O)OCCCCCCCCCCCCCCCCCCC(=O)NC(CO)C(O)CCCCCCCCCCC. The highest BCUT2D eigenvalue weighted by Gasteiger charge is 2.20. The molecule has 0 rings (SSSR count). The predicted octanol–water partition coefficient (Wildman–Crippen LogP) is 15.5. The Morgan fingerprint density at radius 3 is 1.32 bits per heavy atom. The number of amides is 1. The van der Waals surface area contributed by atoms with Gasteiger partial charge in [-0.2, -0.15) is 0 Å². The monoisotopic (exact) mass is 832 g/mol. The first-order valence-corrected chi connectivity index (χ1v) is 26.1. The van der Waals surface area contributed by atoms with Crippen molar-refractivity contribution < 1.29 is 24.5 Å². The lowest BCUT2D eigenvalue weighted by atomic mass is 10.0. The van der Waals surface area contributed by atoms with Gasteiger partial charge in [0.05, 0.1) is 25.4 Å². The molecule has 0 bridgehead atoms. The maximum absolute atomic E-state index is 12.4. The molecule has 3 N–H and O–H groups in total. The first-order valence-electron chi connectivity index (χ1n) is 26.1. The summed E-state index contributed by atoms with van der Waals surface area (Å²) in [5.41, 5.74) is 0. The van der Waals surface area contributed by atoms with Gasteiger partial charge in [0.1, 0.15) is 0 Å². The molecule has 0 aliphatic carbocycles. The fourth-order valence-corrected chi connectivity index (χ4v) is 7.96. The number of carbonyl (C=O) groups is 2. The Balaban J connectivity index is 3.39. The number of hydrogen-bond acceptors (Lipinski definition) is 5. The average Bonchev–Trinajstić information content (AvgIpc) is 3.24. The topological polar surface area (TPSA) is 95.9 Å². The molecule has 0 radical (unpaired) electrons. The minimum absolute atomic E-state index is 0.00498. The third-order valence-corrected chi connectivity index (χ3v) is 12.0. The quantitative estimate of drug-likeness (QED) is 0.0322. The van der Waals surface area contributed by atoms with Crippen LogP contribution in [0.2, 0.25) is 0 Å². The molecule has 59 heavy (non-hydrogen) atoms. The van der Waals surface area contributed by atoms with E-state index in [1.807, 2.05) is 0 Å². The van der Waals surface area contributed by atoms with E-state index in [0.717, 1.165) is 51.4 Å². The number of aliphatic hydroxyl groups is 2. The summed E-state index contributed by atoms with van der Waals surface area (Å²) in [7, 11) is 0. The molecule has 0 saturated heterocycles. The van der Waals surface area contributed by atoms with Crippen molar-refractivity contribution in [1.29, 1.82) is 0 Å². The van der Waals surface area contributed by atoms with Crippen LogP contribution < -0.4 is 5.32 Å². The van der Waals surface area contributed by atoms with Gasteiger partial charge in [-0.15, -0.1) is 0 Å². The molecule has 6 heteroatoms. The van der Waals surface area contributed by atoms with Crippen LogP contribution in [0.4, 0.5) is 0 Å². The molecule has 0 aromatic heterocycles. The molecule has 6 nitrogen and oxygen atoms in total. The summed E-state index contributed by atoms with van der Waals surface area (Å²) in [6.07, 6.45) is 57.2. The Kier molecular flexibility index (Phi) is 47.6. The second-order valence-electron chi connectivity index (χ2n) is 17.9. The second kappa shape index (κ2) is 49.0. The summed E-state index contributed by atoms with van der Waals surface area (Å²) in [5, 5.41) is 23.1. The van der Waals surface area contributed by atoms with Crippen molar-refractivity contribution in [3.63, 3.8) is 0 Å². The van der Waals surface area contributed by atoms with Crippen molar-refractivity contribution in [2.75, 3.05) is 13.2 Å². The Bertz CT molecular complexity index is 920. The van der Waals surface area contributed by atoms with Crippen LogP contribution in [0.3, 0.4) is 0 Å². The van der Waals surface area contributed by atoms with Gasteiger partial charge in [-0.3, -0.25) is 9.59 Å². The molecule has 0 aliphatic rings. The zero-order valence-corrected chi connectivity index (χ0v) is 39.5.